The molecule has 0 saturated carbocycles. The molecule has 0 aliphatic rings. The van der Waals surface area contributed by atoms with Gasteiger partial charge in [-0.2, -0.15) is 5.26 Å². The summed E-state index contributed by atoms with van der Waals surface area (Å²) in [5.74, 6) is 0.0749. The lowest BCUT2D eigenvalue weighted by atomic mass is 10.1. The standard InChI is InChI=1S/C20H21ClN6O2.CH4/c1-20(2,23)19(28)24-16(12-29-11-14-5-3-4-6-15(14)21)18-26-25-17-8-7-13(9-22)10-27(17)18;/h3-8,10,16H,11-12,23H2,1-2H3,(H,24,28);1H4/t16-;/m1./s1. The maximum Gasteiger partial charge on any atom is 0.240 e. The molecule has 158 valence electrons. The lowest BCUT2D eigenvalue weighted by Gasteiger charge is -2.23. The van der Waals surface area contributed by atoms with Crippen molar-refractivity contribution in [1.29, 1.82) is 5.26 Å². The number of benzene rings is 1. The third-order valence-electron chi connectivity index (χ3n) is 4.26. The molecule has 3 rings (SSSR count). The number of ether oxygens (including phenoxy) is 1. The number of nitrogens with two attached hydrogens (primary N) is 1. The number of aromatic nitrogens is 3. The summed E-state index contributed by atoms with van der Waals surface area (Å²) in [5, 5.41) is 20.9. The highest BCUT2D eigenvalue weighted by molar-refractivity contribution is 6.31. The molecule has 1 amide bonds. The van der Waals surface area contributed by atoms with Gasteiger partial charge in [-0.05, 0) is 37.6 Å². The van der Waals surface area contributed by atoms with Crippen LogP contribution >= 0.6 is 11.6 Å². The van der Waals surface area contributed by atoms with E-state index in [0.717, 1.165) is 5.56 Å². The quantitative estimate of drug-likeness (QED) is 0.597. The number of fused-ring (bicyclic) bond motifs is 1. The predicted molar refractivity (Wildman–Crippen MR) is 115 cm³/mol. The highest BCUT2D eigenvalue weighted by atomic mass is 35.5. The van der Waals surface area contributed by atoms with Crippen molar-refractivity contribution in [3.8, 4) is 6.07 Å². The van der Waals surface area contributed by atoms with Crippen LogP contribution in [-0.2, 0) is 16.1 Å². The van der Waals surface area contributed by atoms with Gasteiger partial charge in [-0.15, -0.1) is 10.2 Å². The first-order valence-electron chi connectivity index (χ1n) is 8.95. The average molecular weight is 429 g/mol. The number of hydrogen-bond donors (Lipinski definition) is 2. The predicted octanol–water partition coefficient (Wildman–Crippen LogP) is 3.00. The molecule has 0 fully saturated rings. The van der Waals surface area contributed by atoms with Crippen LogP contribution in [0.3, 0.4) is 0 Å². The molecule has 2 heterocycles. The summed E-state index contributed by atoms with van der Waals surface area (Å²) in [6.07, 6.45) is 1.62. The van der Waals surface area contributed by atoms with E-state index < -0.39 is 11.6 Å². The van der Waals surface area contributed by atoms with Crippen molar-refractivity contribution in [2.75, 3.05) is 6.61 Å². The average Bonchev–Trinajstić information content (AvgIpc) is 3.10. The van der Waals surface area contributed by atoms with Crippen molar-refractivity contribution in [2.24, 2.45) is 5.73 Å². The maximum absolute atomic E-state index is 12.5. The van der Waals surface area contributed by atoms with Gasteiger partial charge in [0.2, 0.25) is 5.91 Å². The van der Waals surface area contributed by atoms with E-state index >= 15 is 0 Å². The zero-order valence-corrected chi connectivity index (χ0v) is 16.8. The molecule has 8 nitrogen and oxygen atoms in total. The number of carbonyl (C=O) groups excluding carboxylic acids is 1. The monoisotopic (exact) mass is 428 g/mol. The first-order valence-corrected chi connectivity index (χ1v) is 9.33. The van der Waals surface area contributed by atoms with Crippen LogP contribution in [0.5, 0.6) is 0 Å². The molecule has 0 aliphatic heterocycles. The molecule has 0 unspecified atom stereocenters. The Bertz CT molecular complexity index is 1070. The van der Waals surface area contributed by atoms with Gasteiger partial charge in [0.05, 0.1) is 24.3 Å². The maximum atomic E-state index is 12.5. The van der Waals surface area contributed by atoms with Crippen LogP contribution in [0.2, 0.25) is 5.02 Å². The second kappa shape index (κ2) is 9.67. The number of nitrogens with zero attached hydrogens (tertiary/aromatic N) is 4. The summed E-state index contributed by atoms with van der Waals surface area (Å²) in [7, 11) is 0. The molecule has 0 spiro atoms. The molecule has 2 aromatic heterocycles. The molecule has 0 radical (unpaired) electrons. The van der Waals surface area contributed by atoms with Gasteiger partial charge in [-0.1, -0.05) is 37.2 Å². The number of carbonyl (C=O) groups is 1. The van der Waals surface area contributed by atoms with Crippen LogP contribution < -0.4 is 11.1 Å². The molecule has 3 aromatic rings. The minimum absolute atomic E-state index is 0. The van der Waals surface area contributed by atoms with E-state index in [2.05, 4.69) is 21.6 Å². The van der Waals surface area contributed by atoms with Gasteiger partial charge in [0.15, 0.2) is 11.5 Å². The van der Waals surface area contributed by atoms with E-state index in [1.165, 1.54) is 0 Å². The molecule has 9 heteroatoms. The number of rotatable bonds is 7. The third-order valence-corrected chi connectivity index (χ3v) is 4.63. The Morgan fingerprint density at radius 1 is 1.33 bits per heavy atom. The summed E-state index contributed by atoms with van der Waals surface area (Å²) in [5.41, 5.74) is 6.66. The van der Waals surface area contributed by atoms with Crippen LogP contribution in [-0.4, -0.2) is 32.7 Å². The lowest BCUT2D eigenvalue weighted by Crippen LogP contribution is -2.50. The molecule has 0 bridgehead atoms. The Balaban J connectivity index is 0.00000320. The second-order valence-corrected chi connectivity index (χ2v) is 7.58. The normalized spacial score (nSPS) is 12.1. The summed E-state index contributed by atoms with van der Waals surface area (Å²) in [6, 6.07) is 12.2. The van der Waals surface area contributed by atoms with E-state index in [-0.39, 0.29) is 26.5 Å². The fourth-order valence-corrected chi connectivity index (χ4v) is 2.83. The summed E-state index contributed by atoms with van der Waals surface area (Å²) < 4.78 is 7.48. The Morgan fingerprint density at radius 2 is 2.07 bits per heavy atom. The van der Waals surface area contributed by atoms with Crippen molar-refractivity contribution in [1.82, 2.24) is 19.9 Å². The Hall–Kier alpha value is -2.99. The number of nitriles is 1. The van der Waals surface area contributed by atoms with Crippen LogP contribution in [0.4, 0.5) is 0 Å². The van der Waals surface area contributed by atoms with Crippen LogP contribution in [0.25, 0.3) is 5.65 Å². The van der Waals surface area contributed by atoms with Crippen LogP contribution in [0, 0.1) is 11.3 Å². The SMILES string of the molecule is C.CC(C)(N)C(=O)N[C@H](COCc1ccccc1Cl)c1nnc2ccc(C#N)cn12. The zero-order valence-electron chi connectivity index (χ0n) is 16.1. The summed E-state index contributed by atoms with van der Waals surface area (Å²) in [4.78, 5) is 12.5. The van der Waals surface area contributed by atoms with E-state index in [1.807, 2.05) is 18.2 Å². The van der Waals surface area contributed by atoms with Gasteiger partial charge in [-0.25, -0.2) is 0 Å². The van der Waals surface area contributed by atoms with E-state index in [0.29, 0.717) is 22.1 Å². The Labute approximate surface area is 180 Å². The van der Waals surface area contributed by atoms with Gasteiger partial charge in [0.1, 0.15) is 12.1 Å². The van der Waals surface area contributed by atoms with E-state index in [9.17, 15) is 10.1 Å². The van der Waals surface area contributed by atoms with Crippen molar-refractivity contribution in [2.45, 2.75) is 39.5 Å². The minimum Gasteiger partial charge on any atom is -0.374 e. The Morgan fingerprint density at radius 3 is 2.73 bits per heavy atom. The summed E-state index contributed by atoms with van der Waals surface area (Å²) >= 11 is 6.17. The molecule has 3 N–H and O–H groups in total. The smallest absolute Gasteiger partial charge is 0.240 e. The van der Waals surface area contributed by atoms with Crippen molar-refractivity contribution >= 4 is 23.2 Å². The molecule has 0 aliphatic carbocycles. The summed E-state index contributed by atoms with van der Waals surface area (Å²) in [6.45, 7) is 3.60. The number of amides is 1. The number of hydrogen-bond acceptors (Lipinski definition) is 6. The fourth-order valence-electron chi connectivity index (χ4n) is 2.64. The number of nitrogens with one attached hydrogen (secondary N) is 1. The first-order chi connectivity index (χ1) is 13.8. The molecule has 1 atom stereocenters. The second-order valence-electron chi connectivity index (χ2n) is 7.17. The Kier molecular flexibility index (Phi) is 7.51. The van der Waals surface area contributed by atoms with E-state index in [1.54, 1.807) is 42.6 Å². The van der Waals surface area contributed by atoms with Gasteiger partial charge in [-0.3, -0.25) is 9.20 Å². The van der Waals surface area contributed by atoms with Gasteiger partial charge in [0.25, 0.3) is 0 Å². The van der Waals surface area contributed by atoms with E-state index in [4.69, 9.17) is 22.1 Å². The van der Waals surface area contributed by atoms with Crippen LogP contribution in [0.15, 0.2) is 42.6 Å². The fraction of sp³-hybridized carbons (Fsp3) is 0.333. The zero-order chi connectivity index (χ0) is 21.0. The van der Waals surface area contributed by atoms with Crippen LogP contribution in [0.1, 0.15) is 44.3 Å². The van der Waals surface area contributed by atoms with Gasteiger partial charge < -0.3 is 15.8 Å². The van der Waals surface area contributed by atoms with Crippen molar-refractivity contribution in [3.63, 3.8) is 0 Å². The highest BCUT2D eigenvalue weighted by Gasteiger charge is 2.28. The molecular formula is C21H25ClN6O2. The van der Waals surface area contributed by atoms with Gasteiger partial charge >= 0.3 is 0 Å². The van der Waals surface area contributed by atoms with Crippen molar-refractivity contribution in [3.05, 3.63) is 64.6 Å². The number of halogens is 1. The molecule has 0 saturated heterocycles. The molecule has 1 aromatic carbocycles. The molecular weight excluding hydrogens is 404 g/mol. The number of pyridine rings is 1. The largest absolute Gasteiger partial charge is 0.374 e. The van der Waals surface area contributed by atoms with Gasteiger partial charge in [0, 0.05) is 11.2 Å². The third kappa shape index (κ3) is 5.33. The topological polar surface area (TPSA) is 118 Å². The molecule has 30 heavy (non-hydrogen) atoms. The lowest BCUT2D eigenvalue weighted by molar-refractivity contribution is -0.126. The van der Waals surface area contributed by atoms with Crippen molar-refractivity contribution < 1.29 is 9.53 Å². The first kappa shape index (κ1) is 23.3. The highest BCUT2D eigenvalue weighted by Crippen LogP contribution is 2.19. The minimum atomic E-state index is -1.08.